The van der Waals surface area contributed by atoms with Crippen LogP contribution in [0.15, 0.2) is 0 Å². The van der Waals surface area contributed by atoms with Crippen LogP contribution in [0.3, 0.4) is 0 Å². The van der Waals surface area contributed by atoms with Gasteiger partial charge < -0.3 is 14.9 Å². The number of thiazole rings is 1. The highest BCUT2D eigenvalue weighted by Crippen LogP contribution is 2.30. The van der Waals surface area contributed by atoms with Crippen molar-refractivity contribution >= 4 is 17.2 Å². The van der Waals surface area contributed by atoms with Crippen LogP contribution >= 0.6 is 11.3 Å². The average molecular weight is 380 g/mol. The van der Waals surface area contributed by atoms with Gasteiger partial charge in [-0.3, -0.25) is 4.79 Å². The highest BCUT2D eigenvalue weighted by molar-refractivity contribution is 7.13. The maximum absolute atomic E-state index is 13.1. The molecule has 0 unspecified atom stereocenters. The van der Waals surface area contributed by atoms with Gasteiger partial charge in [-0.25, -0.2) is 4.98 Å². The number of hydrogen-bond donors (Lipinski definition) is 1. The van der Waals surface area contributed by atoms with E-state index < -0.39 is 0 Å². The number of carbonyl (C=O) groups excluding carboxylic acids is 1. The van der Waals surface area contributed by atoms with E-state index in [4.69, 9.17) is 0 Å². The molecule has 2 aliphatic heterocycles. The zero-order valence-corrected chi connectivity index (χ0v) is 17.2. The molecule has 2 fully saturated rings. The van der Waals surface area contributed by atoms with Crippen LogP contribution in [-0.4, -0.2) is 65.1 Å². The summed E-state index contributed by atoms with van der Waals surface area (Å²) in [5.41, 5.74) is 0.847. The first-order valence-electron chi connectivity index (χ1n) is 10.1. The molecule has 2 aliphatic rings. The Morgan fingerprint density at radius 3 is 2.42 bits per heavy atom. The molecular formula is C20H33N3O2S. The van der Waals surface area contributed by atoms with E-state index in [9.17, 15) is 9.90 Å². The number of hydrogen-bond acceptors (Lipinski definition) is 5. The van der Waals surface area contributed by atoms with Crippen molar-refractivity contribution in [3.63, 3.8) is 0 Å². The third-order valence-corrected chi connectivity index (χ3v) is 7.24. The second kappa shape index (κ2) is 8.81. The van der Waals surface area contributed by atoms with E-state index in [-0.39, 0.29) is 18.4 Å². The Morgan fingerprint density at radius 1 is 1.19 bits per heavy atom. The fraction of sp³-hybridized carbons (Fsp3) is 0.800. The van der Waals surface area contributed by atoms with Crippen LogP contribution in [0.2, 0.25) is 0 Å². The van der Waals surface area contributed by atoms with Crippen LogP contribution in [0.25, 0.3) is 0 Å². The van der Waals surface area contributed by atoms with Crippen molar-refractivity contribution in [2.45, 2.75) is 52.4 Å². The Balaban J connectivity index is 1.66. The number of nitrogens with zero attached hydrogens (tertiary/aromatic N) is 3. The predicted molar refractivity (Wildman–Crippen MR) is 106 cm³/mol. The molecule has 1 aromatic rings. The van der Waals surface area contributed by atoms with Crippen molar-refractivity contribution in [1.29, 1.82) is 0 Å². The van der Waals surface area contributed by atoms with Crippen LogP contribution in [0.4, 0.5) is 0 Å². The summed E-state index contributed by atoms with van der Waals surface area (Å²) < 4.78 is 0. The molecule has 1 amide bonds. The number of aromatic nitrogens is 1. The van der Waals surface area contributed by atoms with Crippen LogP contribution in [0, 0.1) is 18.8 Å². The molecule has 2 atom stereocenters. The third kappa shape index (κ3) is 4.46. The Morgan fingerprint density at radius 2 is 1.85 bits per heavy atom. The van der Waals surface area contributed by atoms with Crippen LogP contribution in [-0.2, 0) is 0 Å². The minimum atomic E-state index is 0.101. The van der Waals surface area contributed by atoms with Gasteiger partial charge in [-0.2, -0.15) is 0 Å². The predicted octanol–water partition coefficient (Wildman–Crippen LogP) is 3.13. The van der Waals surface area contributed by atoms with Crippen LogP contribution in [0.5, 0.6) is 0 Å². The van der Waals surface area contributed by atoms with Gasteiger partial charge >= 0.3 is 0 Å². The molecule has 26 heavy (non-hydrogen) atoms. The monoisotopic (exact) mass is 379 g/mol. The van der Waals surface area contributed by atoms with E-state index in [1.54, 1.807) is 0 Å². The van der Waals surface area contributed by atoms with Crippen LogP contribution < -0.4 is 0 Å². The first kappa shape index (κ1) is 19.8. The van der Waals surface area contributed by atoms with Gasteiger partial charge in [0.25, 0.3) is 5.91 Å². The molecule has 0 aliphatic carbocycles. The van der Waals surface area contributed by atoms with Crippen molar-refractivity contribution in [2.24, 2.45) is 11.8 Å². The van der Waals surface area contributed by atoms with Crippen molar-refractivity contribution in [3.05, 3.63) is 15.6 Å². The molecule has 3 heterocycles. The molecule has 2 saturated heterocycles. The highest BCUT2D eigenvalue weighted by Gasteiger charge is 2.37. The molecule has 6 heteroatoms. The normalized spacial score (nSPS) is 25.0. The fourth-order valence-electron chi connectivity index (χ4n) is 4.17. The molecule has 1 aromatic heterocycles. The fourth-order valence-corrected chi connectivity index (χ4v) is 5.21. The average Bonchev–Trinajstić information content (AvgIpc) is 3.10. The Bertz CT molecular complexity index is 608. The maximum atomic E-state index is 13.1. The second-order valence-electron chi connectivity index (χ2n) is 8.25. The standard InChI is InChI=1S/C20H33N3O2S/c1-14(2)19-21-15(3)18(26-19)20(25)23-11-16(17(12-23)13-24)10-22-8-6-4-5-7-9-22/h14,16-17,24H,4-13H2,1-3H3/t16-,17-/m1/s1. The zero-order valence-electron chi connectivity index (χ0n) is 16.4. The summed E-state index contributed by atoms with van der Waals surface area (Å²) in [5.74, 6) is 1.02. The molecule has 0 bridgehead atoms. The van der Waals surface area contributed by atoms with Gasteiger partial charge in [0.15, 0.2) is 0 Å². The van der Waals surface area contributed by atoms with Gasteiger partial charge in [-0.1, -0.05) is 26.7 Å². The van der Waals surface area contributed by atoms with Crippen molar-refractivity contribution < 1.29 is 9.90 Å². The lowest BCUT2D eigenvalue weighted by molar-refractivity contribution is 0.0783. The zero-order chi connectivity index (χ0) is 18.7. The van der Waals surface area contributed by atoms with Gasteiger partial charge in [0.1, 0.15) is 4.88 Å². The van der Waals surface area contributed by atoms with Gasteiger partial charge in [-0.05, 0) is 38.8 Å². The molecule has 146 valence electrons. The molecule has 3 rings (SSSR count). The number of amides is 1. The smallest absolute Gasteiger partial charge is 0.265 e. The van der Waals surface area contributed by atoms with E-state index in [2.05, 4.69) is 23.7 Å². The van der Waals surface area contributed by atoms with Crippen molar-refractivity contribution in [1.82, 2.24) is 14.8 Å². The van der Waals surface area contributed by atoms with Gasteiger partial charge in [0, 0.05) is 38.1 Å². The van der Waals surface area contributed by atoms with E-state index >= 15 is 0 Å². The molecule has 0 aromatic carbocycles. The first-order chi connectivity index (χ1) is 12.5. The van der Waals surface area contributed by atoms with Crippen LogP contribution in [0.1, 0.15) is 65.8 Å². The lowest BCUT2D eigenvalue weighted by Gasteiger charge is -2.26. The summed E-state index contributed by atoms with van der Waals surface area (Å²) in [7, 11) is 0. The summed E-state index contributed by atoms with van der Waals surface area (Å²) in [6.07, 6.45) is 5.21. The molecule has 0 saturated carbocycles. The SMILES string of the molecule is Cc1nc(C(C)C)sc1C(=O)N1C[C@@H](CN2CCCCCC2)[C@@H](CO)C1. The first-order valence-corrected chi connectivity index (χ1v) is 10.9. The topological polar surface area (TPSA) is 56.7 Å². The number of aryl methyl sites for hydroxylation is 1. The van der Waals surface area contributed by atoms with E-state index in [1.165, 1.54) is 37.0 Å². The van der Waals surface area contributed by atoms with Crippen molar-refractivity contribution in [3.8, 4) is 0 Å². The largest absolute Gasteiger partial charge is 0.396 e. The lowest BCUT2D eigenvalue weighted by atomic mass is 9.96. The second-order valence-corrected chi connectivity index (χ2v) is 9.28. The molecule has 1 N–H and O–H groups in total. The molecular weight excluding hydrogens is 346 g/mol. The summed E-state index contributed by atoms with van der Waals surface area (Å²) in [4.78, 5) is 22.9. The van der Waals surface area contributed by atoms with E-state index in [1.807, 2.05) is 11.8 Å². The molecule has 5 nitrogen and oxygen atoms in total. The maximum Gasteiger partial charge on any atom is 0.265 e. The Hall–Kier alpha value is -0.980. The Labute approximate surface area is 161 Å². The van der Waals surface area contributed by atoms with E-state index in [0.717, 1.165) is 41.8 Å². The lowest BCUT2D eigenvalue weighted by Crippen LogP contribution is -2.35. The molecule has 0 radical (unpaired) electrons. The van der Waals surface area contributed by atoms with Crippen molar-refractivity contribution in [2.75, 3.05) is 39.3 Å². The number of likely N-dealkylation sites (tertiary alicyclic amines) is 2. The number of carbonyl (C=O) groups is 1. The van der Waals surface area contributed by atoms with Gasteiger partial charge in [0.2, 0.25) is 0 Å². The highest BCUT2D eigenvalue weighted by atomic mass is 32.1. The van der Waals surface area contributed by atoms with E-state index in [0.29, 0.717) is 18.4 Å². The van der Waals surface area contributed by atoms with Gasteiger partial charge in [0.05, 0.1) is 10.7 Å². The van der Waals surface area contributed by atoms with Gasteiger partial charge in [-0.15, -0.1) is 11.3 Å². The summed E-state index contributed by atoms with van der Waals surface area (Å²) >= 11 is 1.54. The number of aliphatic hydroxyl groups is 1. The Kier molecular flexibility index (Phi) is 6.70. The third-order valence-electron chi connectivity index (χ3n) is 5.79. The minimum absolute atomic E-state index is 0.101. The summed E-state index contributed by atoms with van der Waals surface area (Å²) in [6, 6.07) is 0. The number of rotatable bonds is 5. The minimum Gasteiger partial charge on any atom is -0.396 e. The molecule has 0 spiro atoms. The summed E-state index contributed by atoms with van der Waals surface area (Å²) in [6.45, 7) is 11.1. The summed E-state index contributed by atoms with van der Waals surface area (Å²) in [5, 5.41) is 10.9. The quantitative estimate of drug-likeness (QED) is 0.854. The number of aliphatic hydroxyl groups excluding tert-OH is 1.